The Bertz CT molecular complexity index is 655. The average molecular weight is 325 g/mol. The molecule has 1 amide bonds. The SMILES string of the molecule is CC[C@@H](C)[C@@H](C(=O)OCC(=O)Nc1ccccc1)c1ccccc1. The fourth-order valence-electron chi connectivity index (χ4n) is 2.54. The van der Waals surface area contributed by atoms with Crippen LogP contribution in [-0.4, -0.2) is 18.5 Å². The number of amides is 1. The zero-order chi connectivity index (χ0) is 17.4. The highest BCUT2D eigenvalue weighted by molar-refractivity contribution is 5.93. The zero-order valence-electron chi connectivity index (χ0n) is 14.1. The third-order valence-corrected chi connectivity index (χ3v) is 4.03. The van der Waals surface area contributed by atoms with Gasteiger partial charge in [-0.3, -0.25) is 9.59 Å². The van der Waals surface area contributed by atoms with Crippen molar-refractivity contribution in [3.05, 3.63) is 66.2 Å². The van der Waals surface area contributed by atoms with Gasteiger partial charge in [0.25, 0.3) is 5.91 Å². The van der Waals surface area contributed by atoms with E-state index >= 15 is 0 Å². The van der Waals surface area contributed by atoms with E-state index in [9.17, 15) is 9.59 Å². The molecule has 0 unspecified atom stereocenters. The first-order chi connectivity index (χ1) is 11.6. The van der Waals surface area contributed by atoms with E-state index in [2.05, 4.69) is 5.32 Å². The number of nitrogens with one attached hydrogen (secondary N) is 1. The number of anilines is 1. The summed E-state index contributed by atoms with van der Waals surface area (Å²) in [4.78, 5) is 24.4. The lowest BCUT2D eigenvalue weighted by atomic mass is 9.86. The van der Waals surface area contributed by atoms with Crippen molar-refractivity contribution in [3.63, 3.8) is 0 Å². The van der Waals surface area contributed by atoms with Gasteiger partial charge in [0.05, 0.1) is 5.92 Å². The summed E-state index contributed by atoms with van der Waals surface area (Å²) in [6.07, 6.45) is 0.852. The number of carbonyl (C=O) groups is 2. The molecule has 0 bridgehead atoms. The summed E-state index contributed by atoms with van der Waals surface area (Å²) in [6, 6.07) is 18.6. The monoisotopic (exact) mass is 325 g/mol. The number of carbonyl (C=O) groups excluding carboxylic acids is 2. The number of ether oxygens (including phenoxy) is 1. The molecule has 4 heteroatoms. The van der Waals surface area contributed by atoms with Crippen LogP contribution >= 0.6 is 0 Å². The Morgan fingerprint density at radius 3 is 2.17 bits per heavy atom. The Kier molecular flexibility index (Phi) is 6.55. The van der Waals surface area contributed by atoms with Gasteiger partial charge in [0.2, 0.25) is 0 Å². The molecule has 1 N–H and O–H groups in total. The molecular formula is C20H23NO3. The maximum atomic E-state index is 12.5. The highest BCUT2D eigenvalue weighted by Crippen LogP contribution is 2.28. The van der Waals surface area contributed by atoms with E-state index in [4.69, 9.17) is 4.74 Å². The highest BCUT2D eigenvalue weighted by atomic mass is 16.5. The van der Waals surface area contributed by atoms with E-state index in [1.54, 1.807) is 12.1 Å². The Balaban J connectivity index is 1.96. The summed E-state index contributed by atoms with van der Waals surface area (Å²) >= 11 is 0. The predicted octanol–water partition coefficient (Wildman–Crippen LogP) is 4.00. The summed E-state index contributed by atoms with van der Waals surface area (Å²) in [5.74, 6) is -0.929. The molecule has 0 saturated carbocycles. The van der Waals surface area contributed by atoms with Crippen molar-refractivity contribution in [3.8, 4) is 0 Å². The van der Waals surface area contributed by atoms with Crippen LogP contribution in [0.2, 0.25) is 0 Å². The molecule has 0 heterocycles. The Hall–Kier alpha value is -2.62. The standard InChI is InChI=1S/C20H23NO3/c1-3-15(2)19(16-10-6-4-7-11-16)20(23)24-14-18(22)21-17-12-8-5-9-13-17/h4-13,15,19H,3,14H2,1-2H3,(H,21,22)/t15-,19-/m1/s1. The summed E-state index contributed by atoms with van der Waals surface area (Å²) in [5.41, 5.74) is 1.60. The fraction of sp³-hybridized carbons (Fsp3) is 0.300. The molecule has 0 aliphatic heterocycles. The Labute approximate surface area is 142 Å². The molecule has 0 aromatic heterocycles. The van der Waals surface area contributed by atoms with Gasteiger partial charge in [-0.2, -0.15) is 0 Å². The van der Waals surface area contributed by atoms with Crippen molar-refractivity contribution >= 4 is 17.6 Å². The van der Waals surface area contributed by atoms with E-state index in [0.29, 0.717) is 5.69 Å². The van der Waals surface area contributed by atoms with Crippen molar-refractivity contribution < 1.29 is 14.3 Å². The lowest BCUT2D eigenvalue weighted by molar-refractivity contribution is -0.150. The minimum atomic E-state index is -0.362. The molecule has 24 heavy (non-hydrogen) atoms. The van der Waals surface area contributed by atoms with E-state index in [-0.39, 0.29) is 30.3 Å². The lowest BCUT2D eigenvalue weighted by Gasteiger charge is -2.21. The van der Waals surface area contributed by atoms with Crippen LogP contribution in [0, 0.1) is 5.92 Å². The van der Waals surface area contributed by atoms with Crippen LogP contribution in [0.25, 0.3) is 0 Å². The van der Waals surface area contributed by atoms with Crippen LogP contribution in [-0.2, 0) is 14.3 Å². The molecule has 4 nitrogen and oxygen atoms in total. The molecule has 0 saturated heterocycles. The average Bonchev–Trinajstić information content (AvgIpc) is 2.62. The minimum absolute atomic E-state index is 0.136. The maximum absolute atomic E-state index is 12.5. The largest absolute Gasteiger partial charge is 0.455 e. The molecule has 0 aliphatic rings. The van der Waals surface area contributed by atoms with Gasteiger partial charge in [-0.05, 0) is 23.6 Å². The van der Waals surface area contributed by atoms with Crippen molar-refractivity contribution in [1.82, 2.24) is 0 Å². The van der Waals surface area contributed by atoms with Crippen molar-refractivity contribution in [2.75, 3.05) is 11.9 Å². The second kappa shape index (κ2) is 8.87. The number of esters is 1. The number of hydrogen-bond donors (Lipinski definition) is 1. The molecule has 2 atom stereocenters. The summed E-state index contributed by atoms with van der Waals surface area (Å²) in [7, 11) is 0. The number of rotatable bonds is 7. The van der Waals surface area contributed by atoms with Crippen LogP contribution in [0.4, 0.5) is 5.69 Å². The smallest absolute Gasteiger partial charge is 0.314 e. The number of hydrogen-bond acceptors (Lipinski definition) is 3. The van der Waals surface area contributed by atoms with E-state index in [1.807, 2.05) is 62.4 Å². The number of para-hydroxylation sites is 1. The van der Waals surface area contributed by atoms with Gasteiger partial charge in [-0.1, -0.05) is 68.8 Å². The van der Waals surface area contributed by atoms with Crippen molar-refractivity contribution in [2.45, 2.75) is 26.2 Å². The molecule has 0 fully saturated rings. The lowest BCUT2D eigenvalue weighted by Crippen LogP contribution is -2.26. The van der Waals surface area contributed by atoms with Crippen molar-refractivity contribution in [2.24, 2.45) is 5.92 Å². The predicted molar refractivity (Wildman–Crippen MR) is 94.7 cm³/mol. The number of benzene rings is 2. The molecule has 2 rings (SSSR count). The molecule has 0 spiro atoms. The van der Waals surface area contributed by atoms with Gasteiger partial charge in [0.1, 0.15) is 0 Å². The van der Waals surface area contributed by atoms with Crippen molar-refractivity contribution in [1.29, 1.82) is 0 Å². The van der Waals surface area contributed by atoms with Gasteiger partial charge >= 0.3 is 5.97 Å². The fourth-order valence-corrected chi connectivity index (χ4v) is 2.54. The maximum Gasteiger partial charge on any atom is 0.314 e. The summed E-state index contributed by atoms with van der Waals surface area (Å²) in [6.45, 7) is 3.77. The highest BCUT2D eigenvalue weighted by Gasteiger charge is 2.27. The topological polar surface area (TPSA) is 55.4 Å². The van der Waals surface area contributed by atoms with Crippen LogP contribution in [0.3, 0.4) is 0 Å². The zero-order valence-corrected chi connectivity index (χ0v) is 14.1. The van der Waals surface area contributed by atoms with Gasteiger partial charge < -0.3 is 10.1 Å². The quantitative estimate of drug-likeness (QED) is 0.783. The van der Waals surface area contributed by atoms with Gasteiger partial charge in [-0.25, -0.2) is 0 Å². The van der Waals surface area contributed by atoms with E-state index < -0.39 is 0 Å². The summed E-state index contributed by atoms with van der Waals surface area (Å²) < 4.78 is 5.26. The van der Waals surface area contributed by atoms with Gasteiger partial charge in [-0.15, -0.1) is 0 Å². The second-order valence-electron chi connectivity index (χ2n) is 5.80. The molecule has 0 aliphatic carbocycles. The van der Waals surface area contributed by atoms with Crippen LogP contribution in [0.15, 0.2) is 60.7 Å². The van der Waals surface area contributed by atoms with Gasteiger partial charge in [0.15, 0.2) is 6.61 Å². The van der Waals surface area contributed by atoms with Crippen LogP contribution < -0.4 is 5.32 Å². The normalized spacial score (nSPS) is 12.9. The molecule has 126 valence electrons. The minimum Gasteiger partial charge on any atom is -0.455 e. The first-order valence-corrected chi connectivity index (χ1v) is 8.18. The Morgan fingerprint density at radius 2 is 1.58 bits per heavy atom. The van der Waals surface area contributed by atoms with E-state index in [1.165, 1.54) is 0 Å². The van der Waals surface area contributed by atoms with Crippen LogP contribution in [0.5, 0.6) is 0 Å². The second-order valence-corrected chi connectivity index (χ2v) is 5.80. The van der Waals surface area contributed by atoms with Crippen LogP contribution in [0.1, 0.15) is 31.7 Å². The first-order valence-electron chi connectivity index (χ1n) is 8.18. The third kappa shape index (κ3) is 4.95. The molecule has 2 aromatic carbocycles. The molecular weight excluding hydrogens is 302 g/mol. The first kappa shape index (κ1) is 17.7. The van der Waals surface area contributed by atoms with Gasteiger partial charge in [0, 0.05) is 5.69 Å². The molecule has 2 aromatic rings. The van der Waals surface area contributed by atoms with E-state index in [0.717, 1.165) is 12.0 Å². The third-order valence-electron chi connectivity index (χ3n) is 4.03. The molecule has 0 radical (unpaired) electrons. The summed E-state index contributed by atoms with van der Waals surface area (Å²) in [5, 5.41) is 2.70. The Morgan fingerprint density at radius 1 is 1.00 bits per heavy atom.